The van der Waals surface area contributed by atoms with Crippen molar-refractivity contribution in [3.05, 3.63) is 0 Å². The molecule has 1 aliphatic carbocycles. The van der Waals surface area contributed by atoms with Crippen LogP contribution in [0.3, 0.4) is 0 Å². The molecule has 3 nitrogen and oxygen atoms in total. The van der Waals surface area contributed by atoms with Crippen molar-refractivity contribution in [3.63, 3.8) is 0 Å². The second-order valence-electron chi connectivity index (χ2n) is 5.75. The Morgan fingerprint density at radius 2 is 2.07 bits per heavy atom. The fraction of sp³-hybridized carbons (Fsp3) is 0.917. The maximum atomic E-state index is 12.2. The van der Waals surface area contributed by atoms with E-state index in [1.54, 1.807) is 0 Å². The smallest absolute Gasteiger partial charge is 0.243 e. The molecule has 2 rings (SSSR count). The minimum Gasteiger partial charge on any atom is -0.325 e. The molecule has 0 bridgehead atoms. The number of nitrogens with one attached hydrogen (secondary N) is 1. The molecule has 2 atom stereocenters. The van der Waals surface area contributed by atoms with Crippen molar-refractivity contribution >= 4 is 5.91 Å². The Labute approximate surface area is 92.2 Å². The molecule has 0 spiro atoms. The molecular formula is C12H22N2O. The summed E-state index contributed by atoms with van der Waals surface area (Å²) in [4.78, 5) is 14.3. The summed E-state index contributed by atoms with van der Waals surface area (Å²) >= 11 is 0. The fourth-order valence-corrected chi connectivity index (χ4v) is 2.34. The normalized spacial score (nSPS) is 38.5. The summed E-state index contributed by atoms with van der Waals surface area (Å²) in [5.74, 6) is 0.283. The van der Waals surface area contributed by atoms with Crippen LogP contribution in [0.2, 0.25) is 0 Å². The average molecular weight is 210 g/mol. The molecule has 0 aromatic rings. The van der Waals surface area contributed by atoms with Crippen LogP contribution in [-0.2, 0) is 4.79 Å². The second-order valence-corrected chi connectivity index (χ2v) is 5.75. The quantitative estimate of drug-likeness (QED) is 0.769. The first-order valence-corrected chi connectivity index (χ1v) is 5.99. The van der Waals surface area contributed by atoms with Gasteiger partial charge in [0.25, 0.3) is 0 Å². The summed E-state index contributed by atoms with van der Waals surface area (Å²) in [6.45, 7) is 9.37. The van der Waals surface area contributed by atoms with Gasteiger partial charge < -0.3 is 4.90 Å². The van der Waals surface area contributed by atoms with E-state index in [0.29, 0.717) is 5.41 Å². The van der Waals surface area contributed by atoms with Gasteiger partial charge in [-0.05, 0) is 38.5 Å². The topological polar surface area (TPSA) is 32.3 Å². The third kappa shape index (κ3) is 1.78. The highest BCUT2D eigenvalue weighted by molar-refractivity contribution is 5.88. The van der Waals surface area contributed by atoms with Crippen LogP contribution in [0.4, 0.5) is 0 Å². The molecule has 2 aliphatic rings. The third-order valence-electron chi connectivity index (χ3n) is 4.09. The Balaban J connectivity index is 2.09. The van der Waals surface area contributed by atoms with Crippen molar-refractivity contribution in [2.75, 3.05) is 6.54 Å². The van der Waals surface area contributed by atoms with Crippen molar-refractivity contribution in [2.45, 2.75) is 58.7 Å². The summed E-state index contributed by atoms with van der Waals surface area (Å²) in [5, 5.41) is 3.41. The molecule has 1 saturated heterocycles. The first kappa shape index (κ1) is 10.9. The molecular weight excluding hydrogens is 188 g/mol. The number of hydrogen-bond donors (Lipinski definition) is 1. The van der Waals surface area contributed by atoms with Crippen LogP contribution >= 0.6 is 0 Å². The van der Waals surface area contributed by atoms with Gasteiger partial charge in [-0.3, -0.25) is 10.1 Å². The Bertz CT molecular complexity index is 285. The van der Waals surface area contributed by atoms with Gasteiger partial charge in [0.15, 0.2) is 0 Å². The lowest BCUT2D eigenvalue weighted by Gasteiger charge is -2.25. The van der Waals surface area contributed by atoms with Gasteiger partial charge in [0.1, 0.15) is 0 Å². The zero-order valence-corrected chi connectivity index (χ0v) is 10.3. The Kier molecular flexibility index (Phi) is 2.34. The lowest BCUT2D eigenvalue weighted by atomic mass is 9.99. The summed E-state index contributed by atoms with van der Waals surface area (Å²) in [6.07, 6.45) is 3.60. The van der Waals surface area contributed by atoms with Crippen LogP contribution < -0.4 is 5.32 Å². The van der Waals surface area contributed by atoms with Crippen molar-refractivity contribution < 1.29 is 4.79 Å². The van der Waals surface area contributed by atoms with Crippen LogP contribution in [0.1, 0.15) is 47.0 Å². The fourth-order valence-electron chi connectivity index (χ4n) is 2.34. The molecule has 2 unspecified atom stereocenters. The number of carbonyl (C=O) groups is 1. The standard InChI is InChI=1S/C12H22N2O/c1-5-12(4)10(15)14(9(2)13-12)8-11(3)6-7-11/h9,13H,5-8H2,1-4H3. The number of amides is 1. The predicted octanol–water partition coefficient (Wildman–Crippen LogP) is 1.73. The van der Waals surface area contributed by atoms with Gasteiger partial charge in [-0.1, -0.05) is 13.8 Å². The van der Waals surface area contributed by atoms with E-state index in [-0.39, 0.29) is 17.6 Å². The van der Waals surface area contributed by atoms with Crippen molar-refractivity contribution in [2.24, 2.45) is 5.41 Å². The van der Waals surface area contributed by atoms with E-state index in [0.717, 1.165) is 13.0 Å². The van der Waals surface area contributed by atoms with Gasteiger partial charge in [-0.2, -0.15) is 0 Å². The molecule has 1 N–H and O–H groups in total. The molecule has 1 amide bonds. The zero-order chi connectivity index (χ0) is 11.3. The molecule has 86 valence electrons. The van der Waals surface area contributed by atoms with Crippen molar-refractivity contribution in [3.8, 4) is 0 Å². The molecule has 1 heterocycles. The number of nitrogens with zero attached hydrogens (tertiary/aromatic N) is 1. The van der Waals surface area contributed by atoms with E-state index in [2.05, 4.69) is 26.1 Å². The number of hydrogen-bond acceptors (Lipinski definition) is 2. The summed E-state index contributed by atoms with van der Waals surface area (Å²) < 4.78 is 0. The number of carbonyl (C=O) groups excluding carboxylic acids is 1. The van der Waals surface area contributed by atoms with Gasteiger partial charge in [0.05, 0.1) is 11.7 Å². The maximum absolute atomic E-state index is 12.2. The largest absolute Gasteiger partial charge is 0.325 e. The van der Waals surface area contributed by atoms with Crippen LogP contribution in [-0.4, -0.2) is 29.1 Å². The molecule has 3 heteroatoms. The van der Waals surface area contributed by atoms with Crippen LogP contribution in [0.25, 0.3) is 0 Å². The summed E-state index contributed by atoms with van der Waals surface area (Å²) in [6, 6.07) is 0. The highest BCUT2D eigenvalue weighted by atomic mass is 16.2. The molecule has 0 aromatic heterocycles. The second kappa shape index (κ2) is 3.21. The predicted molar refractivity (Wildman–Crippen MR) is 60.3 cm³/mol. The van der Waals surface area contributed by atoms with E-state index in [1.165, 1.54) is 12.8 Å². The lowest BCUT2D eigenvalue weighted by molar-refractivity contribution is -0.133. The van der Waals surface area contributed by atoms with Crippen LogP contribution in [0, 0.1) is 5.41 Å². The van der Waals surface area contributed by atoms with E-state index >= 15 is 0 Å². The van der Waals surface area contributed by atoms with Gasteiger partial charge in [-0.15, -0.1) is 0 Å². The summed E-state index contributed by atoms with van der Waals surface area (Å²) in [5.41, 5.74) is 0.0786. The van der Waals surface area contributed by atoms with E-state index in [1.807, 2.05) is 11.8 Å². The van der Waals surface area contributed by atoms with Crippen molar-refractivity contribution in [1.29, 1.82) is 0 Å². The minimum atomic E-state index is -0.329. The van der Waals surface area contributed by atoms with E-state index in [9.17, 15) is 4.79 Å². The van der Waals surface area contributed by atoms with Gasteiger partial charge in [-0.25, -0.2) is 0 Å². The first-order valence-electron chi connectivity index (χ1n) is 5.99. The highest BCUT2D eigenvalue weighted by Gasteiger charge is 2.49. The van der Waals surface area contributed by atoms with Gasteiger partial charge in [0.2, 0.25) is 5.91 Å². The van der Waals surface area contributed by atoms with Crippen LogP contribution in [0.5, 0.6) is 0 Å². The number of rotatable bonds is 3. The van der Waals surface area contributed by atoms with E-state index < -0.39 is 0 Å². The molecule has 1 aliphatic heterocycles. The summed E-state index contributed by atoms with van der Waals surface area (Å²) in [7, 11) is 0. The molecule has 15 heavy (non-hydrogen) atoms. The Hall–Kier alpha value is -0.570. The maximum Gasteiger partial charge on any atom is 0.243 e. The SMILES string of the molecule is CCC1(C)NC(C)N(CC2(C)CC2)C1=O. The van der Waals surface area contributed by atoms with E-state index in [4.69, 9.17) is 0 Å². The average Bonchev–Trinajstić information content (AvgIpc) is 2.87. The van der Waals surface area contributed by atoms with Gasteiger partial charge >= 0.3 is 0 Å². The minimum absolute atomic E-state index is 0.194. The molecule has 2 fully saturated rings. The molecule has 0 aromatic carbocycles. The lowest BCUT2D eigenvalue weighted by Crippen LogP contribution is -2.43. The molecule has 0 radical (unpaired) electrons. The third-order valence-corrected chi connectivity index (χ3v) is 4.09. The molecule has 1 saturated carbocycles. The van der Waals surface area contributed by atoms with Crippen LogP contribution in [0.15, 0.2) is 0 Å². The monoisotopic (exact) mass is 210 g/mol. The Morgan fingerprint density at radius 1 is 1.47 bits per heavy atom. The van der Waals surface area contributed by atoms with Gasteiger partial charge in [0, 0.05) is 6.54 Å². The Morgan fingerprint density at radius 3 is 2.47 bits per heavy atom. The zero-order valence-electron chi connectivity index (χ0n) is 10.3. The van der Waals surface area contributed by atoms with Crippen molar-refractivity contribution in [1.82, 2.24) is 10.2 Å². The highest BCUT2D eigenvalue weighted by Crippen LogP contribution is 2.46. The first-order chi connectivity index (χ1) is 6.90.